The van der Waals surface area contributed by atoms with Crippen molar-refractivity contribution in [2.24, 2.45) is 5.73 Å². The molecule has 3 N–H and O–H groups in total. The van der Waals surface area contributed by atoms with E-state index >= 15 is 0 Å². The Balaban J connectivity index is 2.73. The fourth-order valence-corrected chi connectivity index (χ4v) is 1.10. The van der Waals surface area contributed by atoms with Crippen LogP contribution in [0.2, 0.25) is 0 Å². The van der Waals surface area contributed by atoms with E-state index in [0.717, 1.165) is 17.8 Å². The quantitative estimate of drug-likeness (QED) is 0.711. The van der Waals surface area contributed by atoms with Crippen LogP contribution in [0.5, 0.6) is 0 Å². The maximum Gasteiger partial charge on any atom is 0.0666 e. The van der Waals surface area contributed by atoms with Crippen molar-refractivity contribution in [3.63, 3.8) is 0 Å². The Morgan fingerprint density at radius 1 is 1.50 bits per heavy atom. The van der Waals surface area contributed by atoms with Crippen LogP contribution < -0.4 is 5.73 Å². The van der Waals surface area contributed by atoms with Gasteiger partial charge in [-0.1, -0.05) is 12.2 Å². The molecule has 66 valence electrons. The van der Waals surface area contributed by atoms with Gasteiger partial charge in [-0.2, -0.15) is 5.10 Å². The highest BCUT2D eigenvalue weighted by Gasteiger charge is 2.00. The minimum Gasteiger partial charge on any atom is -0.330 e. The molecule has 0 saturated heterocycles. The molecule has 3 nitrogen and oxygen atoms in total. The van der Waals surface area contributed by atoms with E-state index in [9.17, 15) is 0 Å². The highest BCUT2D eigenvalue weighted by molar-refractivity contribution is 5.53. The molecule has 1 heterocycles. The SMILES string of the molecule is Cc1n[nH]c(C)c1C=CCCN. The second-order valence-corrected chi connectivity index (χ2v) is 2.83. The van der Waals surface area contributed by atoms with E-state index in [1.54, 1.807) is 0 Å². The number of rotatable bonds is 3. The number of aromatic amines is 1. The van der Waals surface area contributed by atoms with Gasteiger partial charge in [0.1, 0.15) is 0 Å². The van der Waals surface area contributed by atoms with Gasteiger partial charge in [-0.05, 0) is 26.8 Å². The lowest BCUT2D eigenvalue weighted by Crippen LogP contribution is -1.95. The molecule has 1 rings (SSSR count). The van der Waals surface area contributed by atoms with Gasteiger partial charge in [0.2, 0.25) is 0 Å². The van der Waals surface area contributed by atoms with Crippen LogP contribution in [-0.2, 0) is 0 Å². The topological polar surface area (TPSA) is 54.7 Å². The number of hydrogen-bond donors (Lipinski definition) is 2. The van der Waals surface area contributed by atoms with Gasteiger partial charge in [-0.15, -0.1) is 0 Å². The zero-order valence-corrected chi connectivity index (χ0v) is 7.59. The maximum atomic E-state index is 5.37. The van der Waals surface area contributed by atoms with Crippen molar-refractivity contribution in [2.45, 2.75) is 20.3 Å². The van der Waals surface area contributed by atoms with Crippen molar-refractivity contribution >= 4 is 6.08 Å². The fourth-order valence-electron chi connectivity index (χ4n) is 1.10. The van der Waals surface area contributed by atoms with E-state index in [0.29, 0.717) is 6.54 Å². The van der Waals surface area contributed by atoms with Crippen molar-refractivity contribution in [3.8, 4) is 0 Å². The molecule has 0 radical (unpaired) electrons. The van der Waals surface area contributed by atoms with Crippen LogP contribution in [0.1, 0.15) is 23.4 Å². The second-order valence-electron chi connectivity index (χ2n) is 2.83. The van der Waals surface area contributed by atoms with Gasteiger partial charge in [0.25, 0.3) is 0 Å². The molecular formula is C9H15N3. The van der Waals surface area contributed by atoms with Crippen molar-refractivity contribution in [2.75, 3.05) is 6.54 Å². The summed E-state index contributed by atoms with van der Waals surface area (Å²) in [6.07, 6.45) is 5.07. The van der Waals surface area contributed by atoms with E-state index in [-0.39, 0.29) is 0 Å². The van der Waals surface area contributed by atoms with Gasteiger partial charge >= 0.3 is 0 Å². The standard InChI is InChI=1S/C9H15N3/c1-7-9(5-3-4-6-10)8(2)12-11-7/h3,5H,4,6,10H2,1-2H3,(H,11,12). The minimum absolute atomic E-state index is 0.701. The Morgan fingerprint density at radius 2 is 2.25 bits per heavy atom. The summed E-state index contributed by atoms with van der Waals surface area (Å²) < 4.78 is 0. The predicted octanol–water partition coefficient (Wildman–Crippen LogP) is 1.39. The van der Waals surface area contributed by atoms with Crippen LogP contribution in [-0.4, -0.2) is 16.7 Å². The Morgan fingerprint density at radius 3 is 2.75 bits per heavy atom. The van der Waals surface area contributed by atoms with Crippen molar-refractivity contribution in [1.82, 2.24) is 10.2 Å². The molecule has 0 aliphatic carbocycles. The number of nitrogens with zero attached hydrogens (tertiary/aromatic N) is 1. The molecule has 1 aromatic rings. The summed E-state index contributed by atoms with van der Waals surface area (Å²) in [7, 11) is 0. The van der Waals surface area contributed by atoms with Gasteiger partial charge in [0.15, 0.2) is 0 Å². The number of nitrogens with two attached hydrogens (primary N) is 1. The summed E-state index contributed by atoms with van der Waals surface area (Å²) >= 11 is 0. The molecule has 0 atom stereocenters. The molecule has 0 amide bonds. The number of nitrogens with one attached hydrogen (secondary N) is 1. The molecule has 0 aliphatic heterocycles. The smallest absolute Gasteiger partial charge is 0.0666 e. The van der Waals surface area contributed by atoms with Crippen molar-refractivity contribution < 1.29 is 0 Å². The van der Waals surface area contributed by atoms with Gasteiger partial charge in [-0.3, -0.25) is 5.10 Å². The first-order valence-electron chi connectivity index (χ1n) is 4.14. The summed E-state index contributed by atoms with van der Waals surface area (Å²) in [5.74, 6) is 0. The van der Waals surface area contributed by atoms with Gasteiger partial charge in [-0.25, -0.2) is 0 Å². The largest absolute Gasteiger partial charge is 0.330 e. The van der Waals surface area contributed by atoms with Crippen LogP contribution in [0.4, 0.5) is 0 Å². The third-order valence-electron chi connectivity index (χ3n) is 1.80. The van der Waals surface area contributed by atoms with Gasteiger partial charge < -0.3 is 5.73 Å². The highest BCUT2D eigenvalue weighted by Crippen LogP contribution is 2.11. The first-order chi connectivity index (χ1) is 5.75. The normalized spacial score (nSPS) is 11.2. The van der Waals surface area contributed by atoms with Gasteiger partial charge in [0, 0.05) is 11.3 Å². The van der Waals surface area contributed by atoms with Crippen LogP contribution in [0.15, 0.2) is 6.08 Å². The minimum atomic E-state index is 0.701. The predicted molar refractivity (Wildman–Crippen MR) is 50.8 cm³/mol. The molecule has 0 saturated carbocycles. The zero-order valence-electron chi connectivity index (χ0n) is 7.59. The third kappa shape index (κ3) is 1.95. The van der Waals surface area contributed by atoms with E-state index in [2.05, 4.69) is 22.3 Å². The Labute approximate surface area is 72.7 Å². The summed E-state index contributed by atoms with van der Waals surface area (Å²) in [6.45, 7) is 4.71. The maximum absolute atomic E-state index is 5.37. The average Bonchev–Trinajstić information content (AvgIpc) is 2.35. The lowest BCUT2D eigenvalue weighted by atomic mass is 10.2. The average molecular weight is 165 g/mol. The summed E-state index contributed by atoms with van der Waals surface area (Å²) in [4.78, 5) is 0. The molecule has 0 fully saturated rings. The first kappa shape index (κ1) is 9.00. The van der Waals surface area contributed by atoms with Crippen molar-refractivity contribution in [3.05, 3.63) is 23.0 Å². The van der Waals surface area contributed by atoms with Crippen molar-refractivity contribution in [1.29, 1.82) is 0 Å². The van der Waals surface area contributed by atoms with E-state index < -0.39 is 0 Å². The zero-order chi connectivity index (χ0) is 8.97. The van der Waals surface area contributed by atoms with E-state index in [1.807, 2.05) is 13.8 Å². The Kier molecular flexibility index (Phi) is 3.05. The molecule has 0 spiro atoms. The molecule has 0 bridgehead atoms. The molecule has 12 heavy (non-hydrogen) atoms. The summed E-state index contributed by atoms with van der Waals surface area (Å²) in [5.41, 5.74) is 8.71. The molecule has 0 aromatic carbocycles. The summed E-state index contributed by atoms with van der Waals surface area (Å²) in [6, 6.07) is 0. The molecule has 0 aliphatic rings. The lowest BCUT2D eigenvalue weighted by molar-refractivity contribution is 1.01. The highest BCUT2D eigenvalue weighted by atomic mass is 15.1. The second kappa shape index (κ2) is 4.07. The number of aryl methyl sites for hydroxylation is 2. The van der Waals surface area contributed by atoms with Gasteiger partial charge in [0.05, 0.1) is 5.69 Å². The number of hydrogen-bond acceptors (Lipinski definition) is 2. The molecule has 3 heteroatoms. The number of H-pyrrole nitrogens is 1. The van der Waals surface area contributed by atoms with Crippen LogP contribution in [0, 0.1) is 13.8 Å². The molecule has 0 unspecified atom stereocenters. The Bertz CT molecular complexity index is 254. The molecular weight excluding hydrogens is 150 g/mol. The van der Waals surface area contributed by atoms with Crippen LogP contribution >= 0.6 is 0 Å². The lowest BCUT2D eigenvalue weighted by Gasteiger charge is -1.90. The van der Waals surface area contributed by atoms with Crippen LogP contribution in [0.3, 0.4) is 0 Å². The number of aromatic nitrogens is 2. The first-order valence-corrected chi connectivity index (χ1v) is 4.14. The monoisotopic (exact) mass is 165 g/mol. The molecule has 1 aromatic heterocycles. The summed E-state index contributed by atoms with van der Waals surface area (Å²) in [5, 5.41) is 7.02. The Hall–Kier alpha value is -1.09. The van der Waals surface area contributed by atoms with E-state index in [1.165, 1.54) is 5.56 Å². The van der Waals surface area contributed by atoms with E-state index in [4.69, 9.17) is 5.73 Å². The fraction of sp³-hybridized carbons (Fsp3) is 0.444. The third-order valence-corrected chi connectivity index (χ3v) is 1.80. The van der Waals surface area contributed by atoms with Crippen LogP contribution in [0.25, 0.3) is 6.08 Å².